The number of hydrogen-bond donors (Lipinski definition) is 0. The van der Waals surface area contributed by atoms with Crippen LogP contribution in [0.2, 0.25) is 0 Å². The lowest BCUT2D eigenvalue weighted by Gasteiger charge is -2.11. The fourth-order valence-electron chi connectivity index (χ4n) is 4.86. The van der Waals surface area contributed by atoms with Gasteiger partial charge in [0.15, 0.2) is 0 Å². The summed E-state index contributed by atoms with van der Waals surface area (Å²) in [7, 11) is 0. The second kappa shape index (κ2) is 6.37. The van der Waals surface area contributed by atoms with Crippen LogP contribution < -0.4 is 0 Å². The molecule has 0 N–H and O–H groups in total. The Morgan fingerprint density at radius 3 is 1.74 bits per heavy atom. The largest absolute Gasteiger partial charge is 0.255 e. The van der Waals surface area contributed by atoms with Crippen LogP contribution in [-0.4, -0.2) is 4.98 Å². The van der Waals surface area contributed by atoms with Crippen LogP contribution in [0.4, 0.5) is 0 Å². The SMILES string of the molecule is c1ccc2c(c1)sc1cnc(-c3ccc4c5ccccc5c5ccccc5c4c3)cc12. The van der Waals surface area contributed by atoms with Crippen molar-refractivity contribution in [2.75, 3.05) is 0 Å². The molecule has 5 aromatic carbocycles. The zero-order valence-electron chi connectivity index (χ0n) is 16.7. The molecular formula is C29H17NS. The first-order valence-electron chi connectivity index (χ1n) is 10.5. The van der Waals surface area contributed by atoms with Gasteiger partial charge in [0.25, 0.3) is 0 Å². The van der Waals surface area contributed by atoms with Crippen LogP contribution in [-0.2, 0) is 0 Å². The molecule has 2 heteroatoms. The zero-order chi connectivity index (χ0) is 20.4. The summed E-state index contributed by atoms with van der Waals surface area (Å²) in [4.78, 5) is 4.83. The maximum Gasteiger partial charge on any atom is 0.0709 e. The van der Waals surface area contributed by atoms with Crippen molar-refractivity contribution in [3.63, 3.8) is 0 Å². The van der Waals surface area contributed by atoms with E-state index in [0.29, 0.717) is 0 Å². The molecule has 0 aliphatic carbocycles. The Morgan fingerprint density at radius 2 is 1.03 bits per heavy atom. The Balaban J connectivity index is 1.54. The smallest absolute Gasteiger partial charge is 0.0709 e. The topological polar surface area (TPSA) is 12.9 Å². The van der Waals surface area contributed by atoms with E-state index in [9.17, 15) is 0 Å². The summed E-state index contributed by atoms with van der Waals surface area (Å²) >= 11 is 1.81. The summed E-state index contributed by atoms with van der Waals surface area (Å²) in [5.74, 6) is 0. The normalized spacial score (nSPS) is 11.9. The average Bonchev–Trinajstić information content (AvgIpc) is 3.22. The standard InChI is InChI=1S/C29H17NS/c1-2-9-21-19(7-1)20-8-3-4-10-22(20)25-15-18(13-14-23(21)25)27-16-26-24-11-5-6-12-28(24)31-29(26)17-30-27/h1-17H. The lowest BCUT2D eigenvalue weighted by atomic mass is 9.93. The van der Waals surface area contributed by atoms with Crippen LogP contribution >= 0.6 is 11.3 Å². The van der Waals surface area contributed by atoms with Gasteiger partial charge in [0, 0.05) is 27.2 Å². The fourth-order valence-corrected chi connectivity index (χ4v) is 5.91. The molecule has 2 heterocycles. The maximum absolute atomic E-state index is 4.83. The third kappa shape index (κ3) is 2.46. The summed E-state index contributed by atoms with van der Waals surface area (Å²) in [5.41, 5.74) is 2.18. The van der Waals surface area contributed by atoms with Crippen molar-refractivity contribution in [2.45, 2.75) is 0 Å². The molecule has 2 aromatic heterocycles. The van der Waals surface area contributed by atoms with Gasteiger partial charge in [-0.1, -0.05) is 78.9 Å². The van der Waals surface area contributed by atoms with Gasteiger partial charge < -0.3 is 0 Å². The van der Waals surface area contributed by atoms with E-state index in [1.54, 1.807) is 0 Å². The molecule has 0 saturated heterocycles. The van der Waals surface area contributed by atoms with Gasteiger partial charge >= 0.3 is 0 Å². The number of nitrogens with zero attached hydrogens (tertiary/aromatic N) is 1. The molecule has 144 valence electrons. The Labute approximate surface area is 183 Å². The van der Waals surface area contributed by atoms with E-state index in [1.165, 1.54) is 52.5 Å². The van der Waals surface area contributed by atoms with E-state index in [0.717, 1.165) is 11.3 Å². The highest BCUT2D eigenvalue weighted by atomic mass is 32.1. The molecule has 7 rings (SSSR count). The van der Waals surface area contributed by atoms with Gasteiger partial charge in [0.2, 0.25) is 0 Å². The van der Waals surface area contributed by atoms with Crippen LogP contribution in [0.3, 0.4) is 0 Å². The monoisotopic (exact) mass is 411 g/mol. The highest BCUT2D eigenvalue weighted by molar-refractivity contribution is 7.25. The number of aromatic nitrogens is 1. The van der Waals surface area contributed by atoms with E-state index in [4.69, 9.17) is 4.98 Å². The van der Waals surface area contributed by atoms with Crippen LogP contribution in [0, 0.1) is 0 Å². The van der Waals surface area contributed by atoms with Crippen LogP contribution in [0.1, 0.15) is 0 Å². The summed E-state index contributed by atoms with van der Waals surface area (Å²) < 4.78 is 2.55. The third-order valence-electron chi connectivity index (χ3n) is 6.30. The van der Waals surface area contributed by atoms with Gasteiger partial charge in [-0.15, -0.1) is 11.3 Å². The molecule has 0 aliphatic rings. The third-order valence-corrected chi connectivity index (χ3v) is 7.43. The Kier molecular flexibility index (Phi) is 3.49. The molecule has 0 amide bonds. The quantitative estimate of drug-likeness (QED) is 0.247. The minimum atomic E-state index is 1.02. The Bertz CT molecular complexity index is 1760. The van der Waals surface area contributed by atoms with Crippen molar-refractivity contribution in [3.05, 3.63) is 103 Å². The minimum absolute atomic E-state index is 1.02. The number of hydrogen-bond acceptors (Lipinski definition) is 2. The fraction of sp³-hybridized carbons (Fsp3) is 0. The first-order valence-corrected chi connectivity index (χ1v) is 11.3. The molecule has 0 bridgehead atoms. The second-order valence-corrected chi connectivity index (χ2v) is 9.10. The van der Waals surface area contributed by atoms with Crippen LogP contribution in [0.15, 0.2) is 103 Å². The molecule has 0 unspecified atom stereocenters. The van der Waals surface area contributed by atoms with Gasteiger partial charge in [0.1, 0.15) is 0 Å². The van der Waals surface area contributed by atoms with E-state index in [1.807, 2.05) is 17.5 Å². The van der Waals surface area contributed by atoms with Crippen molar-refractivity contribution >= 4 is 63.8 Å². The molecule has 1 nitrogen and oxygen atoms in total. The van der Waals surface area contributed by atoms with E-state index in [-0.39, 0.29) is 0 Å². The van der Waals surface area contributed by atoms with Gasteiger partial charge in [-0.2, -0.15) is 0 Å². The minimum Gasteiger partial charge on any atom is -0.255 e. The van der Waals surface area contributed by atoms with Gasteiger partial charge in [-0.3, -0.25) is 4.98 Å². The Hall–Kier alpha value is -3.75. The molecule has 0 spiro atoms. The van der Waals surface area contributed by atoms with Crippen molar-refractivity contribution in [3.8, 4) is 11.3 Å². The molecule has 0 fully saturated rings. The predicted molar refractivity (Wildman–Crippen MR) is 135 cm³/mol. The summed E-state index contributed by atoms with van der Waals surface area (Å²) in [6.07, 6.45) is 2.03. The number of rotatable bonds is 1. The van der Waals surface area contributed by atoms with Crippen molar-refractivity contribution in [2.24, 2.45) is 0 Å². The van der Waals surface area contributed by atoms with Gasteiger partial charge in [0.05, 0.1) is 10.4 Å². The molecule has 0 saturated carbocycles. The number of pyridine rings is 1. The molecule has 0 aliphatic heterocycles. The van der Waals surface area contributed by atoms with Crippen LogP contribution in [0.5, 0.6) is 0 Å². The Morgan fingerprint density at radius 1 is 0.452 bits per heavy atom. The number of thiophene rings is 1. The van der Waals surface area contributed by atoms with Crippen molar-refractivity contribution in [1.29, 1.82) is 0 Å². The van der Waals surface area contributed by atoms with Crippen molar-refractivity contribution in [1.82, 2.24) is 4.98 Å². The molecule has 0 radical (unpaired) electrons. The second-order valence-electron chi connectivity index (χ2n) is 8.02. The number of fused-ring (bicyclic) bond motifs is 9. The molecular weight excluding hydrogens is 394 g/mol. The zero-order valence-corrected chi connectivity index (χ0v) is 17.5. The summed E-state index contributed by atoms with van der Waals surface area (Å²) in [5, 5.41) is 10.4. The van der Waals surface area contributed by atoms with Gasteiger partial charge in [-0.05, 0) is 50.5 Å². The predicted octanol–water partition coefficient (Wildman–Crippen LogP) is 8.58. The lowest BCUT2D eigenvalue weighted by Crippen LogP contribution is -1.86. The highest BCUT2D eigenvalue weighted by Gasteiger charge is 2.11. The van der Waals surface area contributed by atoms with E-state index < -0.39 is 0 Å². The molecule has 7 aromatic rings. The summed E-state index contributed by atoms with van der Waals surface area (Å²) in [6, 6.07) is 35.1. The summed E-state index contributed by atoms with van der Waals surface area (Å²) in [6.45, 7) is 0. The molecule has 0 atom stereocenters. The van der Waals surface area contributed by atoms with E-state index in [2.05, 4.69) is 97.1 Å². The maximum atomic E-state index is 4.83. The van der Waals surface area contributed by atoms with Crippen LogP contribution in [0.25, 0.3) is 63.7 Å². The van der Waals surface area contributed by atoms with Crippen molar-refractivity contribution < 1.29 is 0 Å². The average molecular weight is 412 g/mol. The van der Waals surface area contributed by atoms with Gasteiger partial charge in [-0.25, -0.2) is 0 Å². The lowest BCUT2D eigenvalue weighted by molar-refractivity contribution is 1.37. The highest BCUT2D eigenvalue weighted by Crippen LogP contribution is 2.38. The van der Waals surface area contributed by atoms with E-state index >= 15 is 0 Å². The molecule has 31 heavy (non-hydrogen) atoms. The first kappa shape index (κ1) is 17.0. The number of benzene rings is 5. The first-order chi connectivity index (χ1) is 15.4.